The molecular weight excluding hydrogens is 322 g/mol. The Morgan fingerprint density at radius 2 is 1.60 bits per heavy atom. The molecule has 2 aliphatic heterocycles. The summed E-state index contributed by atoms with van der Waals surface area (Å²) in [6.07, 6.45) is 4.16. The van der Waals surface area contributed by atoms with Crippen molar-refractivity contribution in [2.75, 3.05) is 45.8 Å². The van der Waals surface area contributed by atoms with Gasteiger partial charge >= 0.3 is 0 Å². The van der Waals surface area contributed by atoms with Crippen LogP contribution in [-0.4, -0.2) is 50.7 Å². The van der Waals surface area contributed by atoms with E-state index in [9.17, 15) is 8.78 Å². The molecule has 2 saturated heterocycles. The first-order valence-corrected chi connectivity index (χ1v) is 9.42. The van der Waals surface area contributed by atoms with Crippen molar-refractivity contribution in [3.8, 4) is 0 Å². The van der Waals surface area contributed by atoms with Crippen LogP contribution in [0.3, 0.4) is 0 Å². The molecule has 5 N–H and O–H groups in total. The van der Waals surface area contributed by atoms with Gasteiger partial charge in [0.2, 0.25) is 0 Å². The number of likely N-dealkylation sites (tertiary alicyclic amines) is 1. The fraction of sp³-hybridized carbons (Fsp3) is 0.684. The van der Waals surface area contributed by atoms with Crippen LogP contribution < -0.4 is 16.8 Å². The van der Waals surface area contributed by atoms with Crippen LogP contribution in [0, 0.1) is 17.6 Å². The predicted molar refractivity (Wildman–Crippen MR) is 98.5 cm³/mol. The standard InChI is InChI=1S/C11H13F2N.C8H19N3/c12-9-2-1-3-10(13)11(9)8-4-6-14-7-5-8;9-3-6-11-4-1-8(7-10)2-5-11/h1-3,8,14H,4-7H2;8H,1-7,9-10H2. The number of hydrogen-bond acceptors (Lipinski definition) is 4. The zero-order valence-corrected chi connectivity index (χ0v) is 15.0. The Hall–Kier alpha value is -1.08. The summed E-state index contributed by atoms with van der Waals surface area (Å²) in [6, 6.07) is 4.08. The minimum atomic E-state index is -0.406. The monoisotopic (exact) mass is 354 g/mol. The molecule has 25 heavy (non-hydrogen) atoms. The third kappa shape index (κ3) is 6.29. The zero-order chi connectivity index (χ0) is 18.1. The minimum absolute atomic E-state index is 0.0393. The Balaban J connectivity index is 0.000000186. The third-order valence-corrected chi connectivity index (χ3v) is 5.23. The van der Waals surface area contributed by atoms with E-state index in [0.29, 0.717) is 0 Å². The van der Waals surface area contributed by atoms with Crippen molar-refractivity contribution >= 4 is 0 Å². The van der Waals surface area contributed by atoms with Gasteiger partial charge in [-0.1, -0.05) is 6.07 Å². The molecule has 0 spiro atoms. The van der Waals surface area contributed by atoms with Gasteiger partial charge in [-0.25, -0.2) is 8.78 Å². The normalized spacial score (nSPS) is 20.2. The number of benzene rings is 1. The van der Waals surface area contributed by atoms with Crippen LogP contribution in [0.5, 0.6) is 0 Å². The lowest BCUT2D eigenvalue weighted by atomic mass is 9.89. The lowest BCUT2D eigenvalue weighted by Gasteiger charge is -2.30. The van der Waals surface area contributed by atoms with E-state index in [2.05, 4.69) is 10.2 Å². The first kappa shape index (κ1) is 20.2. The molecule has 2 fully saturated rings. The summed E-state index contributed by atoms with van der Waals surface area (Å²) < 4.78 is 26.7. The van der Waals surface area contributed by atoms with E-state index < -0.39 is 11.6 Å². The summed E-state index contributed by atoms with van der Waals surface area (Å²) in [5, 5.41) is 3.18. The summed E-state index contributed by atoms with van der Waals surface area (Å²) in [5.74, 6) is -0.00438. The molecule has 0 bridgehead atoms. The van der Waals surface area contributed by atoms with Crippen molar-refractivity contribution < 1.29 is 8.78 Å². The first-order valence-electron chi connectivity index (χ1n) is 9.42. The SMILES string of the molecule is Fc1cccc(F)c1C1CCNCC1.NCCN1CCC(CN)CC1. The average molecular weight is 354 g/mol. The molecule has 0 amide bonds. The second-order valence-corrected chi connectivity index (χ2v) is 6.97. The summed E-state index contributed by atoms with van der Waals surface area (Å²) in [7, 11) is 0. The number of piperidine rings is 2. The quantitative estimate of drug-likeness (QED) is 0.774. The molecule has 6 heteroatoms. The van der Waals surface area contributed by atoms with Gasteiger partial charge < -0.3 is 21.7 Å². The highest BCUT2D eigenvalue weighted by molar-refractivity contribution is 5.24. The Morgan fingerprint density at radius 1 is 1.00 bits per heavy atom. The Morgan fingerprint density at radius 3 is 2.12 bits per heavy atom. The van der Waals surface area contributed by atoms with Gasteiger partial charge in [0.15, 0.2) is 0 Å². The van der Waals surface area contributed by atoms with Crippen molar-refractivity contribution in [3.63, 3.8) is 0 Å². The highest BCUT2D eigenvalue weighted by atomic mass is 19.1. The molecule has 2 aliphatic rings. The van der Waals surface area contributed by atoms with E-state index in [4.69, 9.17) is 11.5 Å². The average Bonchev–Trinajstić information content (AvgIpc) is 2.64. The fourth-order valence-corrected chi connectivity index (χ4v) is 3.64. The van der Waals surface area contributed by atoms with Crippen molar-refractivity contribution in [2.24, 2.45) is 17.4 Å². The van der Waals surface area contributed by atoms with Gasteiger partial charge in [0.1, 0.15) is 11.6 Å². The number of nitrogens with two attached hydrogens (primary N) is 2. The van der Waals surface area contributed by atoms with Crippen LogP contribution in [0.15, 0.2) is 18.2 Å². The predicted octanol–water partition coefficient (Wildman–Crippen LogP) is 2.05. The van der Waals surface area contributed by atoms with Gasteiger partial charge in [-0.05, 0) is 82.4 Å². The number of nitrogens with zero attached hydrogens (tertiary/aromatic N) is 1. The molecule has 0 radical (unpaired) electrons. The molecule has 1 aromatic carbocycles. The maximum absolute atomic E-state index is 13.4. The van der Waals surface area contributed by atoms with E-state index >= 15 is 0 Å². The summed E-state index contributed by atoms with van der Waals surface area (Å²) in [4.78, 5) is 2.42. The summed E-state index contributed by atoms with van der Waals surface area (Å²) in [6.45, 7) is 6.77. The van der Waals surface area contributed by atoms with E-state index in [0.717, 1.165) is 51.5 Å². The summed E-state index contributed by atoms with van der Waals surface area (Å²) >= 11 is 0. The number of rotatable bonds is 4. The van der Waals surface area contributed by atoms with Gasteiger partial charge in [-0.15, -0.1) is 0 Å². The lowest BCUT2D eigenvalue weighted by molar-refractivity contribution is 0.192. The third-order valence-electron chi connectivity index (χ3n) is 5.23. The molecule has 0 aliphatic carbocycles. The van der Waals surface area contributed by atoms with Crippen molar-refractivity contribution in [3.05, 3.63) is 35.4 Å². The Kier molecular flexibility index (Phi) is 8.75. The van der Waals surface area contributed by atoms with E-state index in [1.54, 1.807) is 0 Å². The van der Waals surface area contributed by atoms with Crippen LogP contribution >= 0.6 is 0 Å². The largest absolute Gasteiger partial charge is 0.330 e. The molecule has 3 rings (SSSR count). The van der Waals surface area contributed by atoms with E-state index in [1.807, 2.05) is 0 Å². The molecule has 0 unspecified atom stereocenters. The van der Waals surface area contributed by atoms with Crippen LogP contribution in [-0.2, 0) is 0 Å². The molecule has 4 nitrogen and oxygen atoms in total. The van der Waals surface area contributed by atoms with Crippen LogP contribution in [0.25, 0.3) is 0 Å². The molecule has 1 aromatic rings. The molecule has 0 atom stereocenters. The van der Waals surface area contributed by atoms with Crippen molar-refractivity contribution in [1.29, 1.82) is 0 Å². The Labute approximate surface area is 149 Å². The van der Waals surface area contributed by atoms with E-state index in [1.165, 1.54) is 44.1 Å². The molecular formula is C19H32F2N4. The summed E-state index contributed by atoms with van der Waals surface area (Å²) in [5.41, 5.74) is 11.3. The molecule has 2 heterocycles. The topological polar surface area (TPSA) is 67.3 Å². The van der Waals surface area contributed by atoms with Gasteiger partial charge in [-0.2, -0.15) is 0 Å². The Bertz CT molecular complexity index is 478. The maximum Gasteiger partial charge on any atom is 0.129 e. The van der Waals surface area contributed by atoms with Gasteiger partial charge in [0.05, 0.1) is 0 Å². The number of nitrogens with one attached hydrogen (secondary N) is 1. The highest BCUT2D eigenvalue weighted by Gasteiger charge is 2.21. The van der Waals surface area contributed by atoms with Crippen molar-refractivity contribution in [2.45, 2.75) is 31.6 Å². The number of halogens is 2. The lowest BCUT2D eigenvalue weighted by Crippen LogP contribution is -2.38. The van der Waals surface area contributed by atoms with Crippen LogP contribution in [0.2, 0.25) is 0 Å². The molecule has 0 saturated carbocycles. The molecule has 142 valence electrons. The first-order chi connectivity index (χ1) is 12.2. The van der Waals surface area contributed by atoms with Gasteiger partial charge in [0, 0.05) is 18.7 Å². The number of hydrogen-bond donors (Lipinski definition) is 3. The zero-order valence-electron chi connectivity index (χ0n) is 15.0. The van der Waals surface area contributed by atoms with Crippen LogP contribution in [0.4, 0.5) is 8.78 Å². The maximum atomic E-state index is 13.4. The van der Waals surface area contributed by atoms with E-state index in [-0.39, 0.29) is 11.5 Å². The second kappa shape index (κ2) is 10.8. The van der Waals surface area contributed by atoms with Crippen molar-refractivity contribution in [1.82, 2.24) is 10.2 Å². The second-order valence-electron chi connectivity index (χ2n) is 6.97. The molecule has 0 aromatic heterocycles. The van der Waals surface area contributed by atoms with Crippen LogP contribution in [0.1, 0.15) is 37.2 Å². The van der Waals surface area contributed by atoms with Gasteiger partial charge in [0.25, 0.3) is 0 Å². The fourth-order valence-electron chi connectivity index (χ4n) is 3.64. The van der Waals surface area contributed by atoms with Gasteiger partial charge in [-0.3, -0.25) is 0 Å². The smallest absolute Gasteiger partial charge is 0.129 e. The minimum Gasteiger partial charge on any atom is -0.330 e. The highest BCUT2D eigenvalue weighted by Crippen LogP contribution is 2.29.